The van der Waals surface area contributed by atoms with Gasteiger partial charge in [0, 0.05) is 11.8 Å². The molecule has 0 unspecified atom stereocenters. The Hall–Kier alpha value is -1.19. The summed E-state index contributed by atoms with van der Waals surface area (Å²) in [5.41, 5.74) is -1.60. The lowest BCUT2D eigenvalue weighted by molar-refractivity contribution is -0.142. The molecule has 0 amide bonds. The normalized spacial score (nSPS) is 30.8. The summed E-state index contributed by atoms with van der Waals surface area (Å²) >= 11 is 0. The van der Waals surface area contributed by atoms with Gasteiger partial charge in [-0.15, -0.1) is 0 Å². The van der Waals surface area contributed by atoms with E-state index in [2.05, 4.69) is 0 Å². The largest absolute Gasteiger partial charge is 0.481 e. The highest BCUT2D eigenvalue weighted by atomic mass is 16.4. The summed E-state index contributed by atoms with van der Waals surface area (Å²) in [5, 5.41) is 8.72. The number of carbonyl (C=O) groups is 3. The number of hydrogen-bond donors (Lipinski definition) is 1. The SMILES string of the molecule is CC1(C)C(=O)C(=O)C[C@@]1(C)CC(=O)O. The highest BCUT2D eigenvalue weighted by Crippen LogP contribution is 2.50. The predicted octanol–water partition coefficient (Wildman–Crippen LogP) is 1.04. The van der Waals surface area contributed by atoms with Crippen molar-refractivity contribution in [2.45, 2.75) is 33.6 Å². The highest BCUT2D eigenvalue weighted by molar-refractivity contribution is 6.41. The summed E-state index contributed by atoms with van der Waals surface area (Å²) in [7, 11) is 0. The van der Waals surface area contributed by atoms with E-state index in [4.69, 9.17) is 5.11 Å². The molecule has 1 N–H and O–H groups in total. The lowest BCUT2D eigenvalue weighted by atomic mass is 9.67. The molecule has 14 heavy (non-hydrogen) atoms. The molecule has 1 rings (SSSR count). The minimum Gasteiger partial charge on any atom is -0.481 e. The Bertz CT molecular complexity index is 316. The summed E-state index contributed by atoms with van der Waals surface area (Å²) in [4.78, 5) is 33.4. The molecule has 4 heteroatoms. The number of carboxylic acids is 1. The first kappa shape index (κ1) is 10.9. The van der Waals surface area contributed by atoms with Crippen LogP contribution in [0, 0.1) is 10.8 Å². The molecule has 0 heterocycles. The molecule has 0 aromatic heterocycles. The Morgan fingerprint density at radius 2 is 1.86 bits per heavy atom. The van der Waals surface area contributed by atoms with Crippen LogP contribution in [-0.4, -0.2) is 22.6 Å². The smallest absolute Gasteiger partial charge is 0.303 e. The van der Waals surface area contributed by atoms with Crippen LogP contribution in [0.25, 0.3) is 0 Å². The topological polar surface area (TPSA) is 71.4 Å². The fourth-order valence-electron chi connectivity index (χ4n) is 1.90. The van der Waals surface area contributed by atoms with Gasteiger partial charge in [-0.1, -0.05) is 20.8 Å². The van der Waals surface area contributed by atoms with Gasteiger partial charge in [-0.05, 0) is 5.41 Å². The van der Waals surface area contributed by atoms with E-state index in [0.29, 0.717) is 0 Å². The average Bonchev–Trinajstić information content (AvgIpc) is 2.11. The Kier molecular flexibility index (Phi) is 2.26. The third kappa shape index (κ3) is 1.35. The van der Waals surface area contributed by atoms with Gasteiger partial charge >= 0.3 is 5.97 Å². The molecule has 1 fully saturated rings. The maximum atomic E-state index is 11.5. The van der Waals surface area contributed by atoms with Crippen LogP contribution in [-0.2, 0) is 14.4 Å². The van der Waals surface area contributed by atoms with E-state index in [0.717, 1.165) is 0 Å². The van der Waals surface area contributed by atoms with Crippen LogP contribution in [0.5, 0.6) is 0 Å². The van der Waals surface area contributed by atoms with Crippen molar-refractivity contribution in [2.24, 2.45) is 10.8 Å². The maximum Gasteiger partial charge on any atom is 0.303 e. The van der Waals surface area contributed by atoms with Crippen molar-refractivity contribution in [3.63, 3.8) is 0 Å². The molecule has 1 atom stereocenters. The fraction of sp³-hybridized carbons (Fsp3) is 0.700. The molecule has 0 bridgehead atoms. The molecule has 0 spiro atoms. The van der Waals surface area contributed by atoms with Crippen LogP contribution in [0.2, 0.25) is 0 Å². The number of carbonyl (C=O) groups excluding carboxylic acids is 2. The molecule has 0 aromatic carbocycles. The van der Waals surface area contributed by atoms with Crippen LogP contribution in [0.4, 0.5) is 0 Å². The Balaban J connectivity index is 3.06. The number of rotatable bonds is 2. The number of Topliss-reactive ketones (excluding diaryl/α,β-unsaturated/α-hetero) is 2. The van der Waals surface area contributed by atoms with Gasteiger partial charge in [-0.25, -0.2) is 0 Å². The zero-order valence-corrected chi connectivity index (χ0v) is 8.59. The first-order valence-corrected chi connectivity index (χ1v) is 4.50. The summed E-state index contributed by atoms with van der Waals surface area (Å²) in [6.45, 7) is 4.97. The summed E-state index contributed by atoms with van der Waals surface area (Å²) < 4.78 is 0. The monoisotopic (exact) mass is 198 g/mol. The molecule has 0 aliphatic heterocycles. The van der Waals surface area contributed by atoms with E-state index in [1.807, 2.05) is 0 Å². The fourth-order valence-corrected chi connectivity index (χ4v) is 1.90. The van der Waals surface area contributed by atoms with E-state index in [-0.39, 0.29) is 12.8 Å². The Morgan fingerprint density at radius 3 is 2.14 bits per heavy atom. The molecular formula is C10H14O4. The van der Waals surface area contributed by atoms with Gasteiger partial charge in [0.25, 0.3) is 0 Å². The quantitative estimate of drug-likeness (QED) is 0.673. The molecular weight excluding hydrogens is 184 g/mol. The molecule has 0 radical (unpaired) electrons. The number of hydrogen-bond acceptors (Lipinski definition) is 3. The van der Waals surface area contributed by atoms with E-state index < -0.39 is 28.4 Å². The standard InChI is InChI=1S/C10H14O4/c1-9(2)8(14)6(11)4-10(9,3)5-7(12)13/h4-5H2,1-3H3,(H,12,13)/t10-/m0/s1. The molecule has 1 aliphatic rings. The van der Waals surface area contributed by atoms with E-state index >= 15 is 0 Å². The molecule has 0 aromatic rings. The van der Waals surface area contributed by atoms with E-state index in [1.165, 1.54) is 0 Å². The van der Waals surface area contributed by atoms with Crippen molar-refractivity contribution in [3.8, 4) is 0 Å². The van der Waals surface area contributed by atoms with Gasteiger partial charge in [0.05, 0.1) is 6.42 Å². The zero-order chi connectivity index (χ0) is 11.1. The maximum absolute atomic E-state index is 11.5. The lowest BCUT2D eigenvalue weighted by Crippen LogP contribution is -2.36. The highest BCUT2D eigenvalue weighted by Gasteiger charge is 2.56. The van der Waals surface area contributed by atoms with Crippen molar-refractivity contribution >= 4 is 17.5 Å². The van der Waals surface area contributed by atoms with Gasteiger partial charge in [-0.2, -0.15) is 0 Å². The summed E-state index contributed by atoms with van der Waals surface area (Å²) in [6, 6.07) is 0. The van der Waals surface area contributed by atoms with E-state index in [9.17, 15) is 14.4 Å². The van der Waals surface area contributed by atoms with Gasteiger partial charge < -0.3 is 5.11 Å². The number of ketones is 2. The van der Waals surface area contributed by atoms with Crippen molar-refractivity contribution in [3.05, 3.63) is 0 Å². The predicted molar refractivity (Wildman–Crippen MR) is 48.8 cm³/mol. The first-order valence-electron chi connectivity index (χ1n) is 4.50. The molecule has 1 saturated carbocycles. The van der Waals surface area contributed by atoms with Gasteiger partial charge in [0.1, 0.15) is 0 Å². The minimum atomic E-state index is -0.969. The third-order valence-electron chi connectivity index (χ3n) is 3.42. The summed E-state index contributed by atoms with van der Waals surface area (Å²) in [5.74, 6) is -1.86. The zero-order valence-electron chi connectivity index (χ0n) is 8.59. The van der Waals surface area contributed by atoms with Crippen LogP contribution in [0.1, 0.15) is 33.6 Å². The van der Waals surface area contributed by atoms with Gasteiger partial charge in [-0.3, -0.25) is 14.4 Å². The second kappa shape index (κ2) is 2.90. The van der Waals surface area contributed by atoms with Gasteiger partial charge in [0.15, 0.2) is 5.78 Å². The van der Waals surface area contributed by atoms with Crippen molar-refractivity contribution in [2.75, 3.05) is 0 Å². The van der Waals surface area contributed by atoms with Crippen LogP contribution < -0.4 is 0 Å². The number of carboxylic acid groups (broad SMARTS) is 1. The van der Waals surface area contributed by atoms with Crippen LogP contribution in [0.3, 0.4) is 0 Å². The Labute approximate surface area is 82.3 Å². The second-order valence-electron chi connectivity index (χ2n) is 4.69. The van der Waals surface area contributed by atoms with Gasteiger partial charge in [0.2, 0.25) is 5.78 Å². The van der Waals surface area contributed by atoms with E-state index in [1.54, 1.807) is 20.8 Å². The number of aliphatic carboxylic acids is 1. The van der Waals surface area contributed by atoms with Crippen molar-refractivity contribution in [1.29, 1.82) is 0 Å². The van der Waals surface area contributed by atoms with Crippen LogP contribution >= 0.6 is 0 Å². The Morgan fingerprint density at radius 1 is 1.36 bits per heavy atom. The third-order valence-corrected chi connectivity index (χ3v) is 3.42. The first-order chi connectivity index (χ1) is 6.21. The average molecular weight is 198 g/mol. The second-order valence-corrected chi connectivity index (χ2v) is 4.69. The minimum absolute atomic E-state index is 0.0468. The summed E-state index contributed by atoms with van der Waals surface area (Å²) in [6.07, 6.45) is -0.0946. The molecule has 78 valence electrons. The van der Waals surface area contributed by atoms with Crippen molar-refractivity contribution < 1.29 is 19.5 Å². The molecule has 4 nitrogen and oxygen atoms in total. The lowest BCUT2D eigenvalue weighted by Gasteiger charge is -2.34. The molecule has 1 aliphatic carbocycles. The van der Waals surface area contributed by atoms with Crippen molar-refractivity contribution in [1.82, 2.24) is 0 Å². The van der Waals surface area contributed by atoms with Crippen LogP contribution in [0.15, 0.2) is 0 Å². The molecule has 0 saturated heterocycles.